The first-order valence-electron chi connectivity index (χ1n) is 6.07. The fraction of sp³-hybridized carbons (Fsp3) is 0.462. The van der Waals surface area contributed by atoms with Crippen molar-refractivity contribution in [3.63, 3.8) is 0 Å². The largest absolute Gasteiger partial charge is 0.391 e. The Bertz CT molecular complexity index is 396. The Balaban J connectivity index is 1.81. The van der Waals surface area contributed by atoms with Crippen LogP contribution in [-0.2, 0) is 4.84 Å². The molecule has 1 aliphatic carbocycles. The van der Waals surface area contributed by atoms with E-state index in [1.807, 2.05) is 13.1 Å². The van der Waals surface area contributed by atoms with Gasteiger partial charge in [0.25, 0.3) is 0 Å². The maximum absolute atomic E-state index is 11.7. The maximum atomic E-state index is 11.7. The van der Waals surface area contributed by atoms with Gasteiger partial charge >= 0.3 is 5.97 Å². The molecule has 2 rings (SSSR count). The SMILES string of the molecule is CN[C@H]1C[C@@H](NOC(=O)c2ccccc2)C[C@H]1O. The third kappa shape index (κ3) is 3.07. The van der Waals surface area contributed by atoms with Crippen LogP contribution in [0.3, 0.4) is 0 Å². The first-order valence-corrected chi connectivity index (χ1v) is 6.07. The molecule has 0 bridgehead atoms. The summed E-state index contributed by atoms with van der Waals surface area (Å²) in [5, 5.41) is 12.7. The minimum atomic E-state index is -0.405. The van der Waals surface area contributed by atoms with E-state index < -0.39 is 12.1 Å². The van der Waals surface area contributed by atoms with E-state index in [0.717, 1.165) is 6.42 Å². The number of aliphatic hydroxyl groups excluding tert-OH is 1. The Labute approximate surface area is 106 Å². The Hall–Kier alpha value is -1.43. The molecule has 0 unspecified atom stereocenters. The summed E-state index contributed by atoms with van der Waals surface area (Å²) in [6.07, 6.45) is 0.913. The van der Waals surface area contributed by atoms with Crippen LogP contribution < -0.4 is 10.8 Å². The van der Waals surface area contributed by atoms with Crippen LogP contribution in [0.25, 0.3) is 0 Å². The number of rotatable bonds is 4. The molecule has 5 heteroatoms. The Kier molecular flexibility index (Phi) is 4.30. The lowest BCUT2D eigenvalue weighted by Gasteiger charge is -2.12. The summed E-state index contributed by atoms with van der Waals surface area (Å²) < 4.78 is 0. The van der Waals surface area contributed by atoms with Crippen LogP contribution in [0.1, 0.15) is 23.2 Å². The summed E-state index contributed by atoms with van der Waals surface area (Å²) >= 11 is 0. The second-order valence-corrected chi connectivity index (χ2v) is 4.50. The van der Waals surface area contributed by atoms with Gasteiger partial charge in [0.15, 0.2) is 0 Å². The van der Waals surface area contributed by atoms with Crippen LogP contribution in [-0.4, -0.2) is 36.3 Å². The van der Waals surface area contributed by atoms with Gasteiger partial charge in [-0.15, -0.1) is 5.48 Å². The van der Waals surface area contributed by atoms with Gasteiger partial charge in [0.2, 0.25) is 0 Å². The fourth-order valence-corrected chi connectivity index (χ4v) is 2.19. The second-order valence-electron chi connectivity index (χ2n) is 4.50. The number of nitrogens with one attached hydrogen (secondary N) is 2. The number of likely N-dealkylation sites (N-methyl/N-ethyl adjacent to an activating group) is 1. The lowest BCUT2D eigenvalue weighted by atomic mass is 10.2. The van der Waals surface area contributed by atoms with Crippen molar-refractivity contribution in [3.05, 3.63) is 35.9 Å². The van der Waals surface area contributed by atoms with Crippen molar-refractivity contribution in [2.75, 3.05) is 7.05 Å². The van der Waals surface area contributed by atoms with E-state index in [-0.39, 0.29) is 12.1 Å². The van der Waals surface area contributed by atoms with E-state index in [4.69, 9.17) is 4.84 Å². The quantitative estimate of drug-likeness (QED) is 0.677. The van der Waals surface area contributed by atoms with Gasteiger partial charge in [-0.05, 0) is 32.0 Å². The van der Waals surface area contributed by atoms with Crippen LogP contribution in [0.15, 0.2) is 30.3 Å². The molecular formula is C13H18N2O3. The number of aliphatic hydroxyl groups is 1. The second kappa shape index (κ2) is 5.95. The molecule has 0 spiro atoms. The van der Waals surface area contributed by atoms with Crippen LogP contribution in [0.5, 0.6) is 0 Å². The predicted octanol–water partition coefficient (Wildman–Crippen LogP) is 0.459. The number of benzene rings is 1. The highest BCUT2D eigenvalue weighted by Crippen LogP contribution is 2.19. The van der Waals surface area contributed by atoms with Crippen LogP contribution in [0, 0.1) is 0 Å². The highest BCUT2D eigenvalue weighted by molar-refractivity contribution is 5.89. The normalized spacial score (nSPS) is 27.1. The van der Waals surface area contributed by atoms with Crippen LogP contribution in [0.2, 0.25) is 0 Å². The average molecular weight is 250 g/mol. The summed E-state index contributed by atoms with van der Waals surface area (Å²) in [6, 6.07) is 8.85. The molecule has 3 N–H and O–H groups in total. The zero-order valence-electron chi connectivity index (χ0n) is 10.3. The van der Waals surface area contributed by atoms with Gasteiger partial charge in [-0.3, -0.25) is 0 Å². The van der Waals surface area contributed by atoms with Gasteiger partial charge in [-0.25, -0.2) is 4.79 Å². The Morgan fingerprint density at radius 2 is 2.06 bits per heavy atom. The molecule has 1 aromatic rings. The average Bonchev–Trinajstić information content (AvgIpc) is 2.77. The van der Waals surface area contributed by atoms with Gasteiger partial charge in [-0.2, -0.15) is 0 Å². The molecule has 1 fully saturated rings. The Morgan fingerprint density at radius 1 is 1.33 bits per heavy atom. The number of carbonyl (C=O) groups excluding carboxylic acids is 1. The van der Waals surface area contributed by atoms with Gasteiger partial charge < -0.3 is 15.3 Å². The highest BCUT2D eigenvalue weighted by Gasteiger charge is 2.32. The fourth-order valence-electron chi connectivity index (χ4n) is 2.19. The summed E-state index contributed by atoms with van der Waals surface area (Å²) in [5.41, 5.74) is 3.23. The predicted molar refractivity (Wildman–Crippen MR) is 66.9 cm³/mol. The highest BCUT2D eigenvalue weighted by atomic mass is 16.7. The summed E-state index contributed by atoms with van der Waals surface area (Å²) in [6.45, 7) is 0. The molecule has 0 radical (unpaired) electrons. The topological polar surface area (TPSA) is 70.6 Å². The zero-order valence-corrected chi connectivity index (χ0v) is 10.3. The first-order chi connectivity index (χ1) is 8.70. The van der Waals surface area contributed by atoms with E-state index in [1.165, 1.54) is 0 Å². The van der Waals surface area contributed by atoms with E-state index in [2.05, 4.69) is 10.8 Å². The van der Waals surface area contributed by atoms with Crippen LogP contribution in [0.4, 0.5) is 0 Å². The van der Waals surface area contributed by atoms with Gasteiger partial charge in [0.1, 0.15) is 0 Å². The molecule has 5 nitrogen and oxygen atoms in total. The summed E-state index contributed by atoms with van der Waals surface area (Å²) in [5.74, 6) is -0.405. The number of hydrogen-bond acceptors (Lipinski definition) is 5. The zero-order chi connectivity index (χ0) is 13.0. The molecule has 0 aliphatic heterocycles. The third-order valence-corrected chi connectivity index (χ3v) is 3.23. The van der Waals surface area contributed by atoms with Crippen molar-refractivity contribution in [2.45, 2.75) is 31.0 Å². The van der Waals surface area contributed by atoms with Crippen molar-refractivity contribution in [1.29, 1.82) is 0 Å². The molecule has 1 aliphatic rings. The van der Waals surface area contributed by atoms with E-state index >= 15 is 0 Å². The van der Waals surface area contributed by atoms with Gasteiger partial charge in [0, 0.05) is 12.1 Å². The molecule has 0 amide bonds. The lowest BCUT2D eigenvalue weighted by molar-refractivity contribution is 0.0146. The molecule has 0 saturated heterocycles. The van der Waals surface area contributed by atoms with Crippen LogP contribution >= 0.6 is 0 Å². The molecular weight excluding hydrogens is 232 g/mol. The molecule has 98 valence electrons. The third-order valence-electron chi connectivity index (χ3n) is 3.23. The summed E-state index contributed by atoms with van der Waals surface area (Å²) in [4.78, 5) is 16.7. The first kappa shape index (κ1) is 13.0. The number of hydroxylamine groups is 1. The van der Waals surface area contributed by atoms with E-state index in [9.17, 15) is 9.90 Å². The van der Waals surface area contributed by atoms with E-state index in [0.29, 0.717) is 12.0 Å². The Morgan fingerprint density at radius 3 is 2.67 bits per heavy atom. The monoisotopic (exact) mass is 250 g/mol. The summed E-state index contributed by atoms with van der Waals surface area (Å²) in [7, 11) is 1.81. The van der Waals surface area contributed by atoms with Gasteiger partial charge in [-0.1, -0.05) is 18.2 Å². The standard InChI is InChI=1S/C13H18N2O3/c1-14-11-7-10(8-12(11)16)15-18-13(17)9-5-3-2-4-6-9/h2-6,10-12,14-16H,7-8H2,1H3/t10-,11+,12-/m1/s1. The van der Waals surface area contributed by atoms with Gasteiger partial charge in [0.05, 0.1) is 11.7 Å². The van der Waals surface area contributed by atoms with Crippen molar-refractivity contribution in [3.8, 4) is 0 Å². The van der Waals surface area contributed by atoms with E-state index in [1.54, 1.807) is 24.3 Å². The minimum absolute atomic E-state index is 0.00916. The van der Waals surface area contributed by atoms with Crippen molar-refractivity contribution < 1.29 is 14.7 Å². The molecule has 18 heavy (non-hydrogen) atoms. The molecule has 0 heterocycles. The molecule has 1 saturated carbocycles. The lowest BCUT2D eigenvalue weighted by Crippen LogP contribution is -2.33. The number of carbonyl (C=O) groups is 1. The number of hydrogen-bond donors (Lipinski definition) is 3. The molecule has 1 aromatic carbocycles. The maximum Gasteiger partial charge on any atom is 0.356 e. The van der Waals surface area contributed by atoms with Crippen molar-refractivity contribution in [2.24, 2.45) is 0 Å². The van der Waals surface area contributed by atoms with Crippen molar-refractivity contribution >= 4 is 5.97 Å². The van der Waals surface area contributed by atoms with Crippen molar-refractivity contribution in [1.82, 2.24) is 10.8 Å². The smallest absolute Gasteiger partial charge is 0.356 e. The minimum Gasteiger partial charge on any atom is -0.391 e. The molecule has 3 atom stereocenters. The molecule has 0 aromatic heterocycles.